The van der Waals surface area contributed by atoms with Gasteiger partial charge < -0.3 is 16.4 Å². The summed E-state index contributed by atoms with van der Waals surface area (Å²) in [6.45, 7) is 3.28. The quantitative estimate of drug-likeness (QED) is 0.412. The van der Waals surface area contributed by atoms with Crippen molar-refractivity contribution in [1.29, 1.82) is 0 Å². The van der Waals surface area contributed by atoms with E-state index in [-0.39, 0.29) is 11.6 Å². The number of allylic oxidation sites excluding steroid dienone is 1. The summed E-state index contributed by atoms with van der Waals surface area (Å²) in [6.07, 6.45) is 10.4. The van der Waals surface area contributed by atoms with Crippen LogP contribution in [0.1, 0.15) is 18.4 Å². The molecule has 0 radical (unpaired) electrons. The predicted octanol–water partition coefficient (Wildman–Crippen LogP) is 3.80. The molecule has 0 spiro atoms. The molecule has 1 aliphatic rings. The van der Waals surface area contributed by atoms with Gasteiger partial charge in [-0.25, -0.2) is 9.97 Å². The molecule has 1 fully saturated rings. The third kappa shape index (κ3) is 6.43. The maximum atomic E-state index is 14.8. The van der Waals surface area contributed by atoms with E-state index in [9.17, 15) is 4.39 Å². The van der Waals surface area contributed by atoms with Crippen molar-refractivity contribution < 1.29 is 4.39 Å². The van der Waals surface area contributed by atoms with Crippen LogP contribution in [0, 0.1) is 11.7 Å². The number of anilines is 2. The molecule has 1 aliphatic heterocycles. The SMILES string of the molecule is CSN1CCC(CNc2ncnc(NCc3cccc(N=CC=CN)c3)c2F)CC1. The Labute approximate surface area is 181 Å². The Morgan fingerprint density at radius 1 is 1.27 bits per heavy atom. The summed E-state index contributed by atoms with van der Waals surface area (Å²) in [5, 5.41) is 6.22. The molecule has 1 aromatic heterocycles. The van der Waals surface area contributed by atoms with Gasteiger partial charge in [0.1, 0.15) is 6.33 Å². The van der Waals surface area contributed by atoms with Crippen LogP contribution in [0.15, 0.2) is 47.9 Å². The van der Waals surface area contributed by atoms with Crippen molar-refractivity contribution in [3.63, 3.8) is 0 Å². The zero-order valence-corrected chi connectivity index (χ0v) is 17.9. The summed E-state index contributed by atoms with van der Waals surface area (Å²) < 4.78 is 17.2. The number of piperidine rings is 1. The van der Waals surface area contributed by atoms with Gasteiger partial charge in [-0.15, -0.1) is 0 Å². The highest BCUT2D eigenvalue weighted by Crippen LogP contribution is 2.23. The highest BCUT2D eigenvalue weighted by molar-refractivity contribution is 7.96. The van der Waals surface area contributed by atoms with Gasteiger partial charge in [0.2, 0.25) is 5.82 Å². The first-order chi connectivity index (χ1) is 14.7. The summed E-state index contributed by atoms with van der Waals surface area (Å²) in [7, 11) is 0. The molecule has 1 saturated heterocycles. The number of rotatable bonds is 9. The van der Waals surface area contributed by atoms with Crippen LogP contribution in [0.2, 0.25) is 0 Å². The molecule has 0 unspecified atom stereocenters. The van der Waals surface area contributed by atoms with Gasteiger partial charge in [0.25, 0.3) is 0 Å². The van der Waals surface area contributed by atoms with Crippen LogP contribution in [0.5, 0.6) is 0 Å². The number of nitrogens with zero attached hydrogens (tertiary/aromatic N) is 4. The Morgan fingerprint density at radius 3 is 2.77 bits per heavy atom. The maximum absolute atomic E-state index is 14.8. The molecule has 2 aromatic rings. The molecule has 1 aromatic carbocycles. The molecule has 2 heterocycles. The molecule has 0 bridgehead atoms. The number of aromatic nitrogens is 2. The first-order valence-corrected chi connectivity index (χ1v) is 11.1. The van der Waals surface area contributed by atoms with E-state index < -0.39 is 5.82 Å². The van der Waals surface area contributed by atoms with E-state index in [2.05, 4.69) is 36.2 Å². The highest BCUT2D eigenvalue weighted by atomic mass is 32.2. The molecular weight excluding hydrogens is 401 g/mol. The van der Waals surface area contributed by atoms with Gasteiger partial charge in [-0.1, -0.05) is 24.1 Å². The van der Waals surface area contributed by atoms with E-state index in [4.69, 9.17) is 5.73 Å². The standard InChI is InChI=1S/C21H28FN7S/c1-30-29-10-6-16(7-11-29)13-25-20-19(22)21(28-15-27-20)26-14-17-4-2-5-18(12-17)24-9-3-8-23/h2-5,8-9,12,15-16H,6-7,10-11,13-14,23H2,1H3,(H2,25,26,27,28). The van der Waals surface area contributed by atoms with Gasteiger partial charge >= 0.3 is 0 Å². The average molecular weight is 430 g/mol. The number of hydrogen-bond acceptors (Lipinski definition) is 8. The highest BCUT2D eigenvalue weighted by Gasteiger charge is 2.19. The number of aliphatic imine (C=N–C) groups is 1. The summed E-state index contributed by atoms with van der Waals surface area (Å²) in [6, 6.07) is 7.67. The van der Waals surface area contributed by atoms with Crippen LogP contribution >= 0.6 is 11.9 Å². The molecule has 0 aliphatic carbocycles. The number of nitrogens with two attached hydrogens (primary N) is 1. The zero-order valence-electron chi connectivity index (χ0n) is 17.1. The minimum absolute atomic E-state index is 0.185. The molecule has 3 rings (SSSR count). The normalized spacial score (nSPS) is 15.8. The minimum Gasteiger partial charge on any atom is -0.405 e. The lowest BCUT2D eigenvalue weighted by atomic mass is 9.98. The van der Waals surface area contributed by atoms with E-state index in [1.165, 1.54) is 12.5 Å². The summed E-state index contributed by atoms with van der Waals surface area (Å²) in [4.78, 5) is 12.4. The van der Waals surface area contributed by atoms with Crippen molar-refractivity contribution in [3.8, 4) is 0 Å². The van der Waals surface area contributed by atoms with Crippen LogP contribution < -0.4 is 16.4 Å². The van der Waals surface area contributed by atoms with E-state index in [0.29, 0.717) is 19.0 Å². The fourth-order valence-corrected chi connectivity index (χ4v) is 3.84. The largest absolute Gasteiger partial charge is 0.405 e. The zero-order chi connectivity index (χ0) is 21.2. The minimum atomic E-state index is -0.457. The Kier molecular flexibility index (Phi) is 8.46. The first-order valence-electron chi connectivity index (χ1n) is 9.96. The fourth-order valence-electron chi connectivity index (χ4n) is 3.26. The second-order valence-corrected chi connectivity index (χ2v) is 7.89. The predicted molar refractivity (Wildman–Crippen MR) is 124 cm³/mol. The van der Waals surface area contributed by atoms with Crippen molar-refractivity contribution in [2.75, 3.05) is 36.5 Å². The molecule has 4 N–H and O–H groups in total. The molecule has 30 heavy (non-hydrogen) atoms. The maximum Gasteiger partial charge on any atom is 0.207 e. The summed E-state index contributed by atoms with van der Waals surface area (Å²) >= 11 is 1.78. The lowest BCUT2D eigenvalue weighted by Gasteiger charge is -2.30. The van der Waals surface area contributed by atoms with Crippen molar-refractivity contribution in [2.24, 2.45) is 16.6 Å². The molecule has 0 amide bonds. The third-order valence-corrected chi connectivity index (χ3v) is 5.85. The number of nitrogens with one attached hydrogen (secondary N) is 2. The van der Waals surface area contributed by atoms with Crippen LogP contribution in [0.4, 0.5) is 21.7 Å². The first kappa shape index (κ1) is 22.0. The van der Waals surface area contributed by atoms with E-state index in [0.717, 1.165) is 37.2 Å². The second kappa shape index (κ2) is 11.5. The van der Waals surface area contributed by atoms with E-state index >= 15 is 0 Å². The molecule has 9 heteroatoms. The number of hydrogen-bond donors (Lipinski definition) is 3. The van der Waals surface area contributed by atoms with Crippen molar-refractivity contribution in [3.05, 3.63) is 54.2 Å². The summed E-state index contributed by atoms with van der Waals surface area (Å²) in [5.41, 5.74) is 7.06. The van der Waals surface area contributed by atoms with Crippen molar-refractivity contribution in [1.82, 2.24) is 14.3 Å². The number of benzene rings is 1. The number of halogens is 1. The summed E-state index contributed by atoms with van der Waals surface area (Å²) in [5.74, 6) is 0.495. The van der Waals surface area contributed by atoms with E-state index in [1.807, 2.05) is 24.3 Å². The van der Waals surface area contributed by atoms with Gasteiger partial charge in [-0.05, 0) is 55.0 Å². The van der Waals surface area contributed by atoms with Crippen molar-refractivity contribution >= 4 is 35.5 Å². The van der Waals surface area contributed by atoms with Gasteiger partial charge in [0.05, 0.1) is 5.69 Å². The Hall–Kier alpha value is -2.65. The molecular formula is C21H28FN7S. The van der Waals surface area contributed by atoms with E-state index in [1.54, 1.807) is 24.2 Å². The molecule has 160 valence electrons. The fraction of sp³-hybridized carbons (Fsp3) is 0.381. The smallest absolute Gasteiger partial charge is 0.207 e. The van der Waals surface area contributed by atoms with Crippen LogP contribution in [-0.2, 0) is 6.54 Å². The monoisotopic (exact) mass is 429 g/mol. The van der Waals surface area contributed by atoms with Crippen LogP contribution in [0.3, 0.4) is 0 Å². The van der Waals surface area contributed by atoms with Gasteiger partial charge in [-0.2, -0.15) is 4.39 Å². The Balaban J connectivity index is 1.55. The van der Waals surface area contributed by atoms with Crippen LogP contribution in [0.25, 0.3) is 0 Å². The Morgan fingerprint density at radius 2 is 2.03 bits per heavy atom. The van der Waals surface area contributed by atoms with Crippen molar-refractivity contribution in [2.45, 2.75) is 19.4 Å². The van der Waals surface area contributed by atoms with Crippen LogP contribution in [-0.4, -0.2) is 46.4 Å². The van der Waals surface area contributed by atoms with Gasteiger partial charge in [-0.3, -0.25) is 9.30 Å². The average Bonchev–Trinajstić information content (AvgIpc) is 2.78. The second-order valence-electron chi connectivity index (χ2n) is 7.01. The molecule has 0 atom stereocenters. The lowest BCUT2D eigenvalue weighted by molar-refractivity contribution is 0.301. The Bertz CT molecular complexity index is 866. The van der Waals surface area contributed by atoms with Gasteiger partial charge in [0.15, 0.2) is 11.6 Å². The molecule has 0 saturated carbocycles. The topological polar surface area (TPSA) is 91.5 Å². The lowest BCUT2D eigenvalue weighted by Crippen LogP contribution is -2.31. The third-order valence-electron chi connectivity index (χ3n) is 4.97. The molecule has 7 nitrogen and oxygen atoms in total. The van der Waals surface area contributed by atoms with Gasteiger partial charge in [0, 0.05) is 32.4 Å².